The van der Waals surface area contributed by atoms with E-state index in [2.05, 4.69) is 22.3 Å². The van der Waals surface area contributed by atoms with E-state index in [1.807, 2.05) is 18.2 Å². The van der Waals surface area contributed by atoms with Gasteiger partial charge < -0.3 is 10.5 Å². The highest BCUT2D eigenvalue weighted by Gasteiger charge is 2.27. The van der Waals surface area contributed by atoms with Crippen molar-refractivity contribution in [3.05, 3.63) is 81.7 Å². The minimum absolute atomic E-state index is 0.0329. The molecule has 4 rings (SSSR count). The fraction of sp³-hybridized carbons (Fsp3) is 0.286. The fourth-order valence-corrected chi connectivity index (χ4v) is 3.86. The average molecular weight is 378 g/mol. The summed E-state index contributed by atoms with van der Waals surface area (Å²) in [6.07, 6.45) is 3.03. The van der Waals surface area contributed by atoms with Gasteiger partial charge in [-0.2, -0.15) is 4.73 Å². The van der Waals surface area contributed by atoms with Crippen LogP contribution in [0, 0.1) is 15.3 Å². The maximum absolute atomic E-state index is 12.3. The third-order valence-corrected chi connectivity index (χ3v) is 5.28. The number of nitrogens with zero attached hydrogens (tertiary/aromatic N) is 3. The van der Waals surface area contributed by atoms with Gasteiger partial charge in [-0.3, -0.25) is 15.0 Å². The second-order valence-corrected chi connectivity index (χ2v) is 7.17. The van der Waals surface area contributed by atoms with Crippen LogP contribution in [-0.4, -0.2) is 29.0 Å². The monoisotopic (exact) mass is 378 g/mol. The Hall–Kier alpha value is -3.19. The summed E-state index contributed by atoms with van der Waals surface area (Å²) in [6.45, 7) is 2.72. The zero-order valence-corrected chi connectivity index (χ0v) is 15.5. The largest absolute Gasteiger partial charge is 0.618 e. The molecular formula is C21H22N4O3. The van der Waals surface area contributed by atoms with Crippen molar-refractivity contribution in [3.63, 3.8) is 0 Å². The van der Waals surface area contributed by atoms with Crippen molar-refractivity contribution in [2.45, 2.75) is 25.4 Å². The number of rotatable bonds is 5. The molecule has 0 amide bonds. The average Bonchev–Trinajstić information content (AvgIpc) is 2.70. The number of likely N-dealkylation sites (tertiary alicyclic amines) is 1. The molecule has 144 valence electrons. The van der Waals surface area contributed by atoms with Crippen LogP contribution in [0.3, 0.4) is 0 Å². The fourth-order valence-electron chi connectivity index (χ4n) is 3.86. The van der Waals surface area contributed by atoms with Gasteiger partial charge in [-0.05, 0) is 24.5 Å². The van der Waals surface area contributed by atoms with Crippen molar-refractivity contribution < 1.29 is 9.65 Å². The molecule has 1 aromatic heterocycles. The first-order valence-electron chi connectivity index (χ1n) is 9.44. The Morgan fingerprint density at radius 1 is 1.07 bits per heavy atom. The highest BCUT2D eigenvalue weighted by molar-refractivity contribution is 5.91. The smallest absolute Gasteiger partial charge is 0.312 e. The summed E-state index contributed by atoms with van der Waals surface area (Å²) >= 11 is 0. The van der Waals surface area contributed by atoms with Gasteiger partial charge in [0, 0.05) is 31.7 Å². The molecule has 0 saturated carbocycles. The van der Waals surface area contributed by atoms with Gasteiger partial charge >= 0.3 is 5.69 Å². The lowest BCUT2D eigenvalue weighted by Gasteiger charge is -2.32. The van der Waals surface area contributed by atoms with Gasteiger partial charge in [0.25, 0.3) is 0 Å². The maximum Gasteiger partial charge on any atom is 0.312 e. The standard InChI is InChI=1S/C21H22N4O3/c26-24-15-19(21(25(27)28)18-8-4-5-9-20(18)24)22-17-10-12-23(13-11-17)14-16-6-2-1-3-7-16/h1-9,15,17,22H,10-14H2. The first-order valence-corrected chi connectivity index (χ1v) is 9.44. The Balaban J connectivity index is 1.49. The summed E-state index contributed by atoms with van der Waals surface area (Å²) in [7, 11) is 0. The van der Waals surface area contributed by atoms with E-state index in [4.69, 9.17) is 0 Å². The molecule has 7 nitrogen and oxygen atoms in total. The molecule has 2 aromatic carbocycles. The lowest BCUT2D eigenvalue weighted by molar-refractivity contribution is -0.576. The Morgan fingerprint density at radius 3 is 2.46 bits per heavy atom. The number of nitrogens with one attached hydrogen (secondary N) is 1. The van der Waals surface area contributed by atoms with Gasteiger partial charge in [-0.1, -0.05) is 42.5 Å². The number of anilines is 1. The van der Waals surface area contributed by atoms with Gasteiger partial charge in [0.15, 0.2) is 5.69 Å². The molecule has 0 unspecified atom stereocenters. The summed E-state index contributed by atoms with van der Waals surface area (Å²) in [4.78, 5) is 13.7. The minimum atomic E-state index is -0.408. The molecule has 28 heavy (non-hydrogen) atoms. The number of hydrogen-bond acceptors (Lipinski definition) is 5. The first kappa shape index (κ1) is 18.2. The second kappa shape index (κ2) is 7.82. The summed E-state index contributed by atoms with van der Waals surface area (Å²) in [5, 5.41) is 27.6. The van der Waals surface area contributed by atoms with Crippen LogP contribution in [0.5, 0.6) is 0 Å². The number of pyridine rings is 1. The lowest BCUT2D eigenvalue weighted by Crippen LogP contribution is -2.39. The van der Waals surface area contributed by atoms with Crippen molar-refractivity contribution in [2.75, 3.05) is 18.4 Å². The number of hydrogen-bond donors (Lipinski definition) is 1. The first-order chi connectivity index (χ1) is 13.6. The van der Waals surface area contributed by atoms with Crippen LogP contribution in [0.4, 0.5) is 11.4 Å². The highest BCUT2D eigenvalue weighted by Crippen LogP contribution is 2.32. The van der Waals surface area contributed by atoms with Crippen LogP contribution in [0.25, 0.3) is 10.9 Å². The van der Waals surface area contributed by atoms with E-state index in [1.165, 1.54) is 11.8 Å². The number of aromatic nitrogens is 1. The summed E-state index contributed by atoms with van der Waals surface area (Å²) in [5.74, 6) is 0. The predicted molar refractivity (Wildman–Crippen MR) is 108 cm³/mol. The quantitative estimate of drug-likeness (QED) is 0.318. The SMILES string of the molecule is O=[N+]([O-])c1c(NC2CCN(Cc3ccccc3)CC2)c[n+]([O-])c2ccccc12. The molecule has 0 atom stereocenters. The third kappa shape index (κ3) is 3.75. The Bertz CT molecular complexity index is 986. The molecule has 0 aliphatic carbocycles. The van der Waals surface area contributed by atoms with Crippen molar-refractivity contribution >= 4 is 22.3 Å². The molecule has 0 bridgehead atoms. The number of benzene rings is 2. The predicted octanol–water partition coefficient (Wildman–Crippen LogP) is 3.46. The summed E-state index contributed by atoms with van der Waals surface area (Å²) < 4.78 is 0.704. The molecule has 0 radical (unpaired) electrons. The molecule has 2 heterocycles. The number of piperidine rings is 1. The van der Waals surface area contributed by atoms with Crippen LogP contribution >= 0.6 is 0 Å². The van der Waals surface area contributed by atoms with Crippen molar-refractivity contribution in [1.29, 1.82) is 0 Å². The van der Waals surface area contributed by atoms with E-state index in [-0.39, 0.29) is 11.7 Å². The molecule has 1 aliphatic rings. The zero-order valence-electron chi connectivity index (χ0n) is 15.5. The van der Waals surface area contributed by atoms with E-state index in [9.17, 15) is 15.3 Å². The van der Waals surface area contributed by atoms with Crippen LogP contribution in [0.2, 0.25) is 0 Å². The Kier molecular flexibility index (Phi) is 5.08. The van der Waals surface area contributed by atoms with Crippen LogP contribution < -0.4 is 10.0 Å². The normalized spacial score (nSPS) is 15.6. The summed E-state index contributed by atoms with van der Waals surface area (Å²) in [5.41, 5.74) is 1.85. The van der Waals surface area contributed by atoms with Gasteiger partial charge in [-0.15, -0.1) is 0 Å². The minimum Gasteiger partial charge on any atom is -0.618 e. The Morgan fingerprint density at radius 2 is 1.75 bits per heavy atom. The molecule has 1 fully saturated rings. The molecule has 3 aromatic rings. The molecule has 7 heteroatoms. The van der Waals surface area contributed by atoms with Crippen molar-refractivity contribution in [3.8, 4) is 0 Å². The maximum atomic E-state index is 12.3. The number of nitro groups is 1. The van der Waals surface area contributed by atoms with Gasteiger partial charge in [-0.25, -0.2) is 0 Å². The van der Waals surface area contributed by atoms with Crippen LogP contribution in [0.1, 0.15) is 18.4 Å². The van der Waals surface area contributed by atoms with E-state index < -0.39 is 4.92 Å². The summed E-state index contributed by atoms with van der Waals surface area (Å²) in [6, 6.07) is 17.1. The molecule has 1 N–H and O–H groups in total. The lowest BCUT2D eigenvalue weighted by atomic mass is 10.0. The van der Waals surface area contributed by atoms with Crippen LogP contribution in [0.15, 0.2) is 60.8 Å². The molecule has 1 saturated heterocycles. The van der Waals surface area contributed by atoms with Gasteiger partial charge in [0.05, 0.1) is 4.92 Å². The van der Waals surface area contributed by atoms with E-state index in [0.29, 0.717) is 21.3 Å². The topological polar surface area (TPSA) is 85.4 Å². The number of fused-ring (bicyclic) bond motifs is 1. The molecular weight excluding hydrogens is 356 g/mol. The van der Waals surface area contributed by atoms with Gasteiger partial charge in [0.1, 0.15) is 5.39 Å². The number of para-hydroxylation sites is 1. The van der Waals surface area contributed by atoms with E-state index in [0.717, 1.165) is 32.5 Å². The van der Waals surface area contributed by atoms with E-state index in [1.54, 1.807) is 24.3 Å². The second-order valence-electron chi connectivity index (χ2n) is 7.17. The van der Waals surface area contributed by atoms with Gasteiger partial charge in [0.2, 0.25) is 11.7 Å². The van der Waals surface area contributed by atoms with Crippen LogP contribution in [-0.2, 0) is 6.54 Å². The third-order valence-electron chi connectivity index (χ3n) is 5.28. The highest BCUT2D eigenvalue weighted by atomic mass is 16.6. The van der Waals surface area contributed by atoms with E-state index >= 15 is 0 Å². The molecule has 1 aliphatic heterocycles. The van der Waals surface area contributed by atoms with Crippen molar-refractivity contribution in [1.82, 2.24) is 4.90 Å². The van der Waals surface area contributed by atoms with Crippen molar-refractivity contribution in [2.24, 2.45) is 0 Å². The zero-order chi connectivity index (χ0) is 19.5. The molecule has 0 spiro atoms. The Labute approximate surface area is 162 Å².